The third-order valence-corrected chi connectivity index (χ3v) is 14.8. The van der Waals surface area contributed by atoms with Crippen LogP contribution in [0.4, 0.5) is 0 Å². The smallest absolute Gasteiger partial charge is 0.306 e. The summed E-state index contributed by atoms with van der Waals surface area (Å²) in [5.41, 5.74) is 0. The predicted molar refractivity (Wildman–Crippen MR) is 353 cm³/mol. The minimum Gasteiger partial charge on any atom is -0.462 e. The zero-order valence-corrected chi connectivity index (χ0v) is 53.3. The normalized spacial score (nSPS) is 12.8. The monoisotopic (exact) mass is 1120 g/mol. The molecule has 0 aromatic rings. The first-order valence-electron chi connectivity index (χ1n) is 34.4. The second-order valence-electron chi connectivity index (χ2n) is 22.7. The second-order valence-corrected chi connectivity index (χ2v) is 22.7. The predicted octanol–water partition coefficient (Wildman–Crippen LogP) is 23.8. The molecule has 0 aliphatic carbocycles. The number of carbonyl (C=O) groups excluding carboxylic acids is 3. The van der Waals surface area contributed by atoms with E-state index in [1.54, 1.807) is 0 Å². The molecule has 81 heavy (non-hydrogen) atoms. The van der Waals surface area contributed by atoms with Crippen molar-refractivity contribution in [1.82, 2.24) is 0 Å². The van der Waals surface area contributed by atoms with E-state index >= 15 is 0 Å². The van der Waals surface area contributed by atoms with E-state index in [0.29, 0.717) is 19.3 Å². The molecule has 0 aliphatic rings. The average molecular weight is 1130 g/mol. The van der Waals surface area contributed by atoms with Crippen LogP contribution >= 0.6 is 0 Å². The first-order valence-corrected chi connectivity index (χ1v) is 34.4. The fraction of sp³-hybridized carbons (Fsp3) is 0.720. The number of ether oxygens (including phenoxy) is 3. The summed E-state index contributed by atoms with van der Waals surface area (Å²) < 4.78 is 16.9. The number of hydrogen-bond donors (Lipinski definition) is 0. The molecule has 0 fully saturated rings. The molecule has 0 amide bonds. The van der Waals surface area contributed by atoms with Gasteiger partial charge in [-0.15, -0.1) is 0 Å². The van der Waals surface area contributed by atoms with Crippen LogP contribution in [0.15, 0.2) is 109 Å². The zero-order valence-electron chi connectivity index (χ0n) is 53.3. The van der Waals surface area contributed by atoms with Gasteiger partial charge < -0.3 is 14.2 Å². The molecule has 0 bridgehead atoms. The lowest BCUT2D eigenvalue weighted by Crippen LogP contribution is -2.30. The fourth-order valence-corrected chi connectivity index (χ4v) is 9.70. The van der Waals surface area contributed by atoms with Crippen molar-refractivity contribution in [1.29, 1.82) is 0 Å². The number of esters is 3. The first-order chi connectivity index (χ1) is 40.0. The average Bonchev–Trinajstić information content (AvgIpc) is 3.46. The van der Waals surface area contributed by atoms with Gasteiger partial charge >= 0.3 is 17.9 Å². The lowest BCUT2D eigenvalue weighted by Gasteiger charge is -2.18. The van der Waals surface area contributed by atoms with Crippen molar-refractivity contribution in [3.05, 3.63) is 109 Å². The Balaban J connectivity index is 4.05. The minimum absolute atomic E-state index is 0.0792. The van der Waals surface area contributed by atoms with Crippen LogP contribution in [0, 0.1) is 0 Å². The molecule has 0 saturated carbocycles. The Morgan fingerprint density at radius 1 is 0.259 bits per heavy atom. The standard InChI is InChI=1S/C75H128O6/c1-4-7-10-13-16-18-20-22-24-26-28-30-32-33-34-35-36-37-38-39-40-41-43-44-46-48-50-52-54-56-59-62-65-68-74(77)80-71-72(70-79-73(76)67-64-61-58-15-12-9-6-3)81-75(78)69-66-63-60-57-55-53-51-49-47-45-42-31-29-27-25-23-21-19-17-14-11-8-5-2/h7-8,10-11,16-19,22-25,28-31,45,47,72H,4-6,9,12-15,20-21,26-27,32-44,46,48-71H2,1-3H3/b10-7-,11-8-,18-16-,19-17-,24-22-,25-23-,30-28-,31-29-,47-45-. The lowest BCUT2D eigenvalue weighted by molar-refractivity contribution is -0.167. The molecule has 0 radical (unpaired) electrons. The molecule has 0 rings (SSSR count). The van der Waals surface area contributed by atoms with E-state index < -0.39 is 6.10 Å². The summed E-state index contributed by atoms with van der Waals surface area (Å²) >= 11 is 0. The largest absolute Gasteiger partial charge is 0.462 e. The van der Waals surface area contributed by atoms with E-state index in [0.717, 1.165) is 122 Å². The summed E-state index contributed by atoms with van der Waals surface area (Å²) in [6.07, 6.45) is 94.3. The second kappa shape index (κ2) is 68.6. The van der Waals surface area contributed by atoms with Crippen LogP contribution in [0.1, 0.15) is 329 Å². The molecule has 6 heteroatoms. The molecule has 0 N–H and O–H groups in total. The summed E-state index contributed by atoms with van der Waals surface area (Å²) in [7, 11) is 0. The van der Waals surface area contributed by atoms with Crippen molar-refractivity contribution in [3.8, 4) is 0 Å². The van der Waals surface area contributed by atoms with E-state index in [4.69, 9.17) is 14.2 Å². The van der Waals surface area contributed by atoms with Crippen molar-refractivity contribution in [2.75, 3.05) is 13.2 Å². The Bertz CT molecular complexity index is 1620. The topological polar surface area (TPSA) is 78.9 Å². The van der Waals surface area contributed by atoms with Crippen LogP contribution in [0.5, 0.6) is 0 Å². The number of rotatable bonds is 62. The van der Waals surface area contributed by atoms with Crippen LogP contribution in [0.25, 0.3) is 0 Å². The Morgan fingerprint density at radius 2 is 0.481 bits per heavy atom. The minimum atomic E-state index is -0.781. The number of carbonyl (C=O) groups is 3. The van der Waals surface area contributed by atoms with Crippen LogP contribution in [0.2, 0.25) is 0 Å². The van der Waals surface area contributed by atoms with Gasteiger partial charge in [-0.3, -0.25) is 14.4 Å². The fourth-order valence-electron chi connectivity index (χ4n) is 9.70. The van der Waals surface area contributed by atoms with Crippen molar-refractivity contribution in [2.45, 2.75) is 335 Å². The van der Waals surface area contributed by atoms with E-state index in [9.17, 15) is 14.4 Å². The highest BCUT2D eigenvalue weighted by molar-refractivity contribution is 5.71. The molecular weight excluding hydrogens is 997 g/mol. The van der Waals surface area contributed by atoms with Gasteiger partial charge in [-0.25, -0.2) is 0 Å². The van der Waals surface area contributed by atoms with Gasteiger partial charge in [0.2, 0.25) is 0 Å². The van der Waals surface area contributed by atoms with Gasteiger partial charge in [-0.05, 0) is 103 Å². The Hall–Kier alpha value is -3.93. The maximum Gasteiger partial charge on any atom is 0.306 e. The van der Waals surface area contributed by atoms with Gasteiger partial charge in [-0.2, -0.15) is 0 Å². The number of hydrogen-bond acceptors (Lipinski definition) is 6. The number of unbranched alkanes of at least 4 members (excludes halogenated alkanes) is 33. The molecule has 0 aromatic carbocycles. The van der Waals surface area contributed by atoms with Crippen LogP contribution in [0.3, 0.4) is 0 Å². The first kappa shape index (κ1) is 77.1. The van der Waals surface area contributed by atoms with Crippen LogP contribution in [-0.4, -0.2) is 37.2 Å². The molecule has 0 saturated heterocycles. The summed E-state index contributed by atoms with van der Waals surface area (Å²) in [5.74, 6) is -0.885. The quantitative estimate of drug-likeness (QED) is 0.0261. The van der Waals surface area contributed by atoms with E-state index in [1.165, 1.54) is 167 Å². The molecule has 464 valence electrons. The van der Waals surface area contributed by atoms with Gasteiger partial charge in [0.25, 0.3) is 0 Å². The van der Waals surface area contributed by atoms with Gasteiger partial charge in [0, 0.05) is 19.3 Å². The molecule has 0 aromatic heterocycles. The summed E-state index contributed by atoms with van der Waals surface area (Å²) in [6.45, 7) is 6.39. The molecule has 0 heterocycles. The zero-order chi connectivity index (χ0) is 58.5. The maximum atomic E-state index is 12.9. The summed E-state index contributed by atoms with van der Waals surface area (Å²) in [6, 6.07) is 0. The highest BCUT2D eigenvalue weighted by atomic mass is 16.6. The van der Waals surface area contributed by atoms with E-state index in [2.05, 4.69) is 130 Å². The van der Waals surface area contributed by atoms with E-state index in [1.807, 2.05) is 0 Å². The summed E-state index contributed by atoms with van der Waals surface area (Å²) in [5, 5.41) is 0. The molecule has 6 nitrogen and oxygen atoms in total. The number of allylic oxidation sites excluding steroid dienone is 18. The highest BCUT2D eigenvalue weighted by Gasteiger charge is 2.19. The molecule has 1 atom stereocenters. The third-order valence-electron chi connectivity index (χ3n) is 14.8. The third kappa shape index (κ3) is 66.8. The van der Waals surface area contributed by atoms with Gasteiger partial charge in [-0.1, -0.05) is 316 Å². The SMILES string of the molecule is CC/C=C\C/C=C\C/C=C\C/C=C\C/C=C\CCCCCCCCCC(=O)OC(COC(=O)CCCCCCCCC)COC(=O)CCCCCCCCCCCCCCCCCCCCCC/C=C\C/C=C\C/C=C\C/C=C\CC. The highest BCUT2D eigenvalue weighted by Crippen LogP contribution is 2.17. The van der Waals surface area contributed by atoms with Gasteiger partial charge in [0.1, 0.15) is 13.2 Å². The Morgan fingerprint density at radius 3 is 0.753 bits per heavy atom. The molecule has 1 unspecified atom stereocenters. The van der Waals surface area contributed by atoms with Crippen molar-refractivity contribution in [3.63, 3.8) is 0 Å². The Labute approximate surface area is 501 Å². The van der Waals surface area contributed by atoms with Gasteiger partial charge in [0.05, 0.1) is 0 Å². The van der Waals surface area contributed by atoms with E-state index in [-0.39, 0.29) is 31.1 Å². The summed E-state index contributed by atoms with van der Waals surface area (Å²) in [4.78, 5) is 38.2. The van der Waals surface area contributed by atoms with Crippen LogP contribution in [-0.2, 0) is 28.6 Å². The van der Waals surface area contributed by atoms with Crippen molar-refractivity contribution in [2.24, 2.45) is 0 Å². The van der Waals surface area contributed by atoms with Crippen LogP contribution < -0.4 is 0 Å². The van der Waals surface area contributed by atoms with Crippen molar-refractivity contribution >= 4 is 17.9 Å². The maximum absolute atomic E-state index is 12.9. The molecule has 0 spiro atoms. The Kier molecular flexibility index (Phi) is 65.2. The van der Waals surface area contributed by atoms with Crippen molar-refractivity contribution < 1.29 is 28.6 Å². The molecule has 0 aliphatic heterocycles. The lowest BCUT2D eigenvalue weighted by atomic mass is 10.0. The van der Waals surface area contributed by atoms with Gasteiger partial charge in [0.15, 0.2) is 6.10 Å². The molecular formula is C75H128O6.